The smallest absolute Gasteiger partial charge is 0.134 e. The van der Waals surface area contributed by atoms with Gasteiger partial charge in [0.1, 0.15) is 5.54 Å². The van der Waals surface area contributed by atoms with Gasteiger partial charge in [0.25, 0.3) is 0 Å². The van der Waals surface area contributed by atoms with Gasteiger partial charge in [0.2, 0.25) is 0 Å². The Morgan fingerprint density at radius 1 is 1.35 bits per heavy atom. The highest BCUT2D eigenvalue weighted by Gasteiger charge is 2.31. The maximum atomic E-state index is 9.64. The highest BCUT2D eigenvalue weighted by Crippen LogP contribution is 2.24. The average Bonchev–Trinajstić information content (AvgIpc) is 2.47. The van der Waals surface area contributed by atoms with Crippen molar-refractivity contribution in [2.45, 2.75) is 31.9 Å². The maximum Gasteiger partial charge on any atom is 0.134 e. The fraction of sp³-hybridized carbons (Fsp3) is 0.562. The number of nitrogens with one attached hydrogen (secondary N) is 1. The van der Waals surface area contributed by atoms with Gasteiger partial charge in [0.15, 0.2) is 0 Å². The molecule has 1 rings (SSSR count). The first-order valence-corrected chi connectivity index (χ1v) is 7.01. The van der Waals surface area contributed by atoms with Crippen LogP contribution in [0, 0.1) is 11.3 Å². The van der Waals surface area contributed by atoms with Crippen molar-refractivity contribution in [3.63, 3.8) is 0 Å². The number of nitrogens with zero attached hydrogens (tertiary/aromatic N) is 1. The third-order valence-electron chi connectivity index (χ3n) is 3.22. The average molecular weight is 276 g/mol. The summed E-state index contributed by atoms with van der Waals surface area (Å²) in [7, 11) is 1.65. The van der Waals surface area contributed by atoms with Crippen LogP contribution < -0.4 is 5.32 Å². The van der Waals surface area contributed by atoms with Crippen molar-refractivity contribution in [2.24, 2.45) is 0 Å². The van der Waals surface area contributed by atoms with Gasteiger partial charge in [-0.3, -0.25) is 5.32 Å². The molecule has 2 atom stereocenters. The molecule has 0 spiro atoms. The van der Waals surface area contributed by atoms with Gasteiger partial charge < -0.3 is 9.47 Å². The van der Waals surface area contributed by atoms with E-state index in [4.69, 9.17) is 9.47 Å². The molecule has 20 heavy (non-hydrogen) atoms. The van der Waals surface area contributed by atoms with E-state index in [9.17, 15) is 5.26 Å². The molecule has 0 aliphatic rings. The number of methoxy groups -OCH3 is 1. The zero-order valence-corrected chi connectivity index (χ0v) is 12.6. The molecule has 0 aliphatic heterocycles. The van der Waals surface area contributed by atoms with Crippen LogP contribution in [0.3, 0.4) is 0 Å². The minimum absolute atomic E-state index is 0.0359. The highest BCUT2D eigenvalue weighted by atomic mass is 16.5. The molecule has 2 unspecified atom stereocenters. The van der Waals surface area contributed by atoms with Crippen molar-refractivity contribution in [3.05, 3.63) is 35.9 Å². The SMILES string of the molecule is CCNC(C#N)(CCOC(C)COC)c1ccccc1. The molecule has 0 saturated carbocycles. The lowest BCUT2D eigenvalue weighted by Crippen LogP contribution is -2.42. The van der Waals surface area contributed by atoms with E-state index in [2.05, 4.69) is 11.4 Å². The van der Waals surface area contributed by atoms with Crippen LogP contribution in [0.4, 0.5) is 0 Å². The largest absolute Gasteiger partial charge is 0.382 e. The molecule has 0 saturated heterocycles. The summed E-state index contributed by atoms with van der Waals surface area (Å²) in [5.41, 5.74) is 0.287. The van der Waals surface area contributed by atoms with Crippen molar-refractivity contribution in [2.75, 3.05) is 26.9 Å². The number of benzene rings is 1. The summed E-state index contributed by atoms with van der Waals surface area (Å²) < 4.78 is 10.7. The van der Waals surface area contributed by atoms with E-state index in [1.807, 2.05) is 44.2 Å². The van der Waals surface area contributed by atoms with E-state index >= 15 is 0 Å². The maximum absolute atomic E-state index is 9.64. The van der Waals surface area contributed by atoms with Gasteiger partial charge in [-0.2, -0.15) is 5.26 Å². The molecule has 0 amide bonds. The van der Waals surface area contributed by atoms with E-state index in [1.165, 1.54) is 0 Å². The summed E-state index contributed by atoms with van der Waals surface area (Å²) in [5.74, 6) is 0. The normalized spacial score (nSPS) is 15.3. The Labute approximate surface area is 121 Å². The second-order valence-electron chi connectivity index (χ2n) is 4.80. The molecule has 0 bridgehead atoms. The number of hydrogen-bond acceptors (Lipinski definition) is 4. The first kappa shape index (κ1) is 16.6. The van der Waals surface area contributed by atoms with Crippen LogP contribution in [-0.2, 0) is 15.0 Å². The number of nitriles is 1. The summed E-state index contributed by atoms with van der Waals surface area (Å²) in [4.78, 5) is 0. The molecule has 0 radical (unpaired) electrons. The van der Waals surface area contributed by atoms with Gasteiger partial charge in [-0.25, -0.2) is 0 Å². The first-order chi connectivity index (χ1) is 9.68. The standard InChI is InChI=1S/C16H24N2O2/c1-4-18-16(13-17,15-8-6-5-7-9-15)10-11-20-14(2)12-19-3/h5-9,14,18H,4,10-12H2,1-3H3. The lowest BCUT2D eigenvalue weighted by molar-refractivity contribution is 0.00272. The van der Waals surface area contributed by atoms with Gasteiger partial charge in [-0.1, -0.05) is 37.3 Å². The van der Waals surface area contributed by atoms with Crippen molar-refractivity contribution in [3.8, 4) is 6.07 Å². The fourth-order valence-electron chi connectivity index (χ4n) is 2.22. The summed E-state index contributed by atoms with van der Waals surface area (Å²) in [6, 6.07) is 12.2. The Kier molecular flexibility index (Phi) is 7.24. The van der Waals surface area contributed by atoms with Crippen molar-refractivity contribution in [1.29, 1.82) is 5.26 Å². The van der Waals surface area contributed by atoms with E-state index in [-0.39, 0.29) is 6.10 Å². The molecule has 0 aromatic heterocycles. The van der Waals surface area contributed by atoms with Gasteiger partial charge in [0.05, 0.1) is 25.4 Å². The Hall–Kier alpha value is -1.41. The molecular weight excluding hydrogens is 252 g/mol. The second kappa shape index (κ2) is 8.70. The lowest BCUT2D eigenvalue weighted by atomic mass is 9.88. The Bertz CT molecular complexity index is 416. The van der Waals surface area contributed by atoms with Crippen molar-refractivity contribution < 1.29 is 9.47 Å². The zero-order valence-electron chi connectivity index (χ0n) is 12.6. The van der Waals surface area contributed by atoms with E-state index in [1.54, 1.807) is 7.11 Å². The van der Waals surface area contributed by atoms with Crippen LogP contribution in [0.15, 0.2) is 30.3 Å². The number of rotatable bonds is 9. The zero-order chi connectivity index (χ0) is 14.8. The summed E-state index contributed by atoms with van der Waals surface area (Å²) in [6.45, 7) is 5.78. The van der Waals surface area contributed by atoms with Gasteiger partial charge in [-0.15, -0.1) is 0 Å². The van der Waals surface area contributed by atoms with E-state index < -0.39 is 5.54 Å². The lowest BCUT2D eigenvalue weighted by Gasteiger charge is -2.28. The van der Waals surface area contributed by atoms with Crippen LogP contribution in [0.5, 0.6) is 0 Å². The Morgan fingerprint density at radius 2 is 2.05 bits per heavy atom. The van der Waals surface area contributed by atoms with Crippen LogP contribution in [0.2, 0.25) is 0 Å². The molecule has 0 fully saturated rings. The Morgan fingerprint density at radius 3 is 2.60 bits per heavy atom. The molecule has 0 heterocycles. The van der Waals surface area contributed by atoms with E-state index in [0.717, 1.165) is 12.1 Å². The topological polar surface area (TPSA) is 54.3 Å². The van der Waals surface area contributed by atoms with Crippen molar-refractivity contribution >= 4 is 0 Å². The van der Waals surface area contributed by atoms with Crippen molar-refractivity contribution in [1.82, 2.24) is 5.32 Å². The number of ether oxygens (including phenoxy) is 2. The molecular formula is C16H24N2O2. The molecule has 1 aromatic rings. The molecule has 1 N–H and O–H groups in total. The second-order valence-corrected chi connectivity index (χ2v) is 4.80. The quantitative estimate of drug-likeness (QED) is 0.752. The van der Waals surface area contributed by atoms with Gasteiger partial charge in [0, 0.05) is 13.5 Å². The first-order valence-electron chi connectivity index (χ1n) is 7.01. The van der Waals surface area contributed by atoms with Crippen LogP contribution in [-0.4, -0.2) is 33.0 Å². The van der Waals surface area contributed by atoms with Crippen LogP contribution in [0.25, 0.3) is 0 Å². The fourth-order valence-corrected chi connectivity index (χ4v) is 2.22. The molecule has 110 valence electrons. The third kappa shape index (κ3) is 4.61. The highest BCUT2D eigenvalue weighted by molar-refractivity contribution is 5.31. The number of hydrogen-bond donors (Lipinski definition) is 1. The summed E-state index contributed by atoms with van der Waals surface area (Å²) in [6.07, 6.45) is 0.642. The van der Waals surface area contributed by atoms with Crippen LogP contribution >= 0.6 is 0 Å². The van der Waals surface area contributed by atoms with Gasteiger partial charge >= 0.3 is 0 Å². The molecule has 4 heteroatoms. The summed E-state index contributed by atoms with van der Waals surface area (Å²) >= 11 is 0. The summed E-state index contributed by atoms with van der Waals surface area (Å²) in [5, 5.41) is 12.9. The predicted molar refractivity (Wildman–Crippen MR) is 79.3 cm³/mol. The predicted octanol–water partition coefficient (Wildman–Crippen LogP) is 2.46. The monoisotopic (exact) mass is 276 g/mol. The minimum Gasteiger partial charge on any atom is -0.382 e. The Balaban J connectivity index is 2.73. The molecule has 4 nitrogen and oxygen atoms in total. The van der Waals surface area contributed by atoms with Gasteiger partial charge in [-0.05, 0) is 19.0 Å². The third-order valence-corrected chi connectivity index (χ3v) is 3.22. The molecule has 0 aliphatic carbocycles. The van der Waals surface area contributed by atoms with Crippen LogP contribution in [0.1, 0.15) is 25.8 Å². The van der Waals surface area contributed by atoms with E-state index in [0.29, 0.717) is 19.6 Å². The minimum atomic E-state index is -0.692. The molecule has 1 aromatic carbocycles.